The van der Waals surface area contributed by atoms with Crippen molar-refractivity contribution in [3.05, 3.63) is 65.8 Å². The van der Waals surface area contributed by atoms with Gasteiger partial charge in [0.15, 0.2) is 5.69 Å². The average Bonchev–Trinajstić information content (AvgIpc) is 3.03. The molecule has 1 amide bonds. The molecule has 8 heteroatoms. The normalized spacial score (nSPS) is 10.6. The summed E-state index contributed by atoms with van der Waals surface area (Å²) in [5.74, 6) is -1.09. The Balaban J connectivity index is 1.89. The zero-order chi connectivity index (χ0) is 19.4. The van der Waals surface area contributed by atoms with E-state index in [9.17, 15) is 9.59 Å². The number of nitrogens with two attached hydrogens (primary N) is 1. The largest absolute Gasteiger partial charge is 0.480 e. The number of nitrogens with zero attached hydrogens (tertiary/aromatic N) is 3. The van der Waals surface area contributed by atoms with Crippen LogP contribution in [0.2, 0.25) is 0 Å². The number of hydrogen-bond donors (Lipinski definition) is 2. The van der Waals surface area contributed by atoms with E-state index in [0.29, 0.717) is 22.7 Å². The SMILES string of the molecule is Cc1oc(-c2ccc(N)cc2)nc1C(=O)N(CC(=O)O)Cc1ccccn1. The molecule has 0 unspecified atom stereocenters. The van der Waals surface area contributed by atoms with Gasteiger partial charge in [0.2, 0.25) is 5.89 Å². The number of carbonyl (C=O) groups excluding carboxylic acids is 1. The average molecular weight is 366 g/mol. The summed E-state index contributed by atoms with van der Waals surface area (Å²) in [6.07, 6.45) is 1.58. The van der Waals surface area contributed by atoms with Gasteiger partial charge in [-0.15, -0.1) is 0 Å². The number of aromatic nitrogens is 2. The van der Waals surface area contributed by atoms with Crippen molar-refractivity contribution in [1.82, 2.24) is 14.9 Å². The Hall–Kier alpha value is -3.68. The lowest BCUT2D eigenvalue weighted by atomic mass is 10.2. The van der Waals surface area contributed by atoms with Crippen LogP contribution in [0.4, 0.5) is 5.69 Å². The van der Waals surface area contributed by atoms with Crippen LogP contribution in [0.3, 0.4) is 0 Å². The second-order valence-corrected chi connectivity index (χ2v) is 5.92. The Morgan fingerprint density at radius 2 is 1.93 bits per heavy atom. The van der Waals surface area contributed by atoms with Gasteiger partial charge in [0.1, 0.15) is 12.3 Å². The fourth-order valence-corrected chi connectivity index (χ4v) is 2.54. The second kappa shape index (κ2) is 7.69. The van der Waals surface area contributed by atoms with Gasteiger partial charge >= 0.3 is 5.97 Å². The third-order valence-corrected chi connectivity index (χ3v) is 3.85. The van der Waals surface area contributed by atoms with Gasteiger partial charge in [-0.1, -0.05) is 6.07 Å². The minimum Gasteiger partial charge on any atom is -0.480 e. The van der Waals surface area contributed by atoms with Gasteiger partial charge in [-0.2, -0.15) is 0 Å². The molecule has 3 rings (SSSR count). The third-order valence-electron chi connectivity index (χ3n) is 3.85. The lowest BCUT2D eigenvalue weighted by Gasteiger charge is -2.19. The summed E-state index contributed by atoms with van der Waals surface area (Å²) in [5, 5.41) is 9.17. The first-order valence-corrected chi connectivity index (χ1v) is 8.18. The third kappa shape index (κ3) is 4.30. The van der Waals surface area contributed by atoms with Crippen LogP contribution in [0.25, 0.3) is 11.5 Å². The first kappa shape index (κ1) is 18.1. The molecule has 0 bridgehead atoms. The van der Waals surface area contributed by atoms with Gasteiger partial charge in [0.05, 0.1) is 12.2 Å². The highest BCUT2D eigenvalue weighted by molar-refractivity contribution is 5.95. The maximum absolute atomic E-state index is 12.9. The molecule has 0 saturated carbocycles. The number of oxazole rings is 1. The quantitative estimate of drug-likeness (QED) is 0.642. The molecule has 27 heavy (non-hydrogen) atoms. The van der Waals surface area contributed by atoms with Crippen LogP contribution < -0.4 is 5.73 Å². The van der Waals surface area contributed by atoms with Crippen molar-refractivity contribution >= 4 is 17.6 Å². The second-order valence-electron chi connectivity index (χ2n) is 5.92. The summed E-state index contributed by atoms with van der Waals surface area (Å²) in [5.41, 5.74) is 7.58. The van der Waals surface area contributed by atoms with E-state index in [2.05, 4.69) is 9.97 Å². The van der Waals surface area contributed by atoms with Gasteiger partial charge in [0, 0.05) is 17.4 Å². The molecule has 0 atom stereocenters. The molecule has 3 aromatic rings. The Morgan fingerprint density at radius 3 is 2.56 bits per heavy atom. The molecule has 2 aromatic heterocycles. The minimum atomic E-state index is -1.13. The highest BCUT2D eigenvalue weighted by Gasteiger charge is 2.25. The van der Waals surface area contributed by atoms with Crippen LogP contribution in [0.5, 0.6) is 0 Å². The maximum atomic E-state index is 12.9. The lowest BCUT2D eigenvalue weighted by Crippen LogP contribution is -2.36. The number of nitrogen functional groups attached to an aromatic ring is 1. The molecule has 0 fully saturated rings. The molecule has 3 N–H and O–H groups in total. The van der Waals surface area contributed by atoms with Crippen molar-refractivity contribution in [3.63, 3.8) is 0 Å². The lowest BCUT2D eigenvalue weighted by molar-refractivity contribution is -0.137. The van der Waals surface area contributed by atoms with E-state index in [-0.39, 0.29) is 18.1 Å². The van der Waals surface area contributed by atoms with Gasteiger partial charge < -0.3 is 20.2 Å². The van der Waals surface area contributed by atoms with Crippen LogP contribution in [-0.2, 0) is 11.3 Å². The summed E-state index contributed by atoms with van der Waals surface area (Å²) >= 11 is 0. The number of amides is 1. The molecule has 0 aliphatic carbocycles. The van der Waals surface area contributed by atoms with E-state index in [0.717, 1.165) is 0 Å². The van der Waals surface area contributed by atoms with Gasteiger partial charge in [-0.05, 0) is 43.3 Å². The van der Waals surface area contributed by atoms with Crippen LogP contribution >= 0.6 is 0 Å². The Labute approximate surface area is 155 Å². The van der Waals surface area contributed by atoms with Crippen LogP contribution in [0.15, 0.2) is 53.1 Å². The molecule has 0 radical (unpaired) electrons. The van der Waals surface area contributed by atoms with Crippen molar-refractivity contribution in [2.24, 2.45) is 0 Å². The van der Waals surface area contributed by atoms with Gasteiger partial charge in [-0.3, -0.25) is 14.6 Å². The Bertz CT molecular complexity index is 952. The molecule has 138 valence electrons. The summed E-state index contributed by atoms with van der Waals surface area (Å²) in [6.45, 7) is 1.19. The topological polar surface area (TPSA) is 123 Å². The number of anilines is 1. The molecule has 2 heterocycles. The number of benzene rings is 1. The fourth-order valence-electron chi connectivity index (χ4n) is 2.54. The van der Waals surface area contributed by atoms with Gasteiger partial charge in [-0.25, -0.2) is 4.98 Å². The summed E-state index contributed by atoms with van der Waals surface area (Å²) in [6, 6.07) is 12.1. The van der Waals surface area contributed by atoms with E-state index in [1.807, 2.05) is 0 Å². The Kier molecular flexibility index (Phi) is 5.16. The van der Waals surface area contributed by atoms with E-state index < -0.39 is 18.4 Å². The zero-order valence-electron chi connectivity index (χ0n) is 14.6. The van der Waals surface area contributed by atoms with Crippen molar-refractivity contribution in [2.45, 2.75) is 13.5 Å². The van der Waals surface area contributed by atoms with E-state index in [4.69, 9.17) is 15.3 Å². The zero-order valence-corrected chi connectivity index (χ0v) is 14.6. The van der Waals surface area contributed by atoms with Crippen molar-refractivity contribution in [2.75, 3.05) is 12.3 Å². The predicted octanol–water partition coefficient (Wildman–Crippen LogP) is 2.35. The van der Waals surface area contributed by atoms with Crippen molar-refractivity contribution in [1.29, 1.82) is 0 Å². The van der Waals surface area contributed by atoms with Crippen LogP contribution in [-0.4, -0.2) is 38.4 Å². The maximum Gasteiger partial charge on any atom is 0.323 e. The number of carboxylic acid groups (broad SMARTS) is 1. The van der Waals surface area contributed by atoms with Crippen LogP contribution in [0, 0.1) is 6.92 Å². The summed E-state index contributed by atoms with van der Waals surface area (Å²) in [7, 11) is 0. The highest BCUT2D eigenvalue weighted by Crippen LogP contribution is 2.23. The molecule has 0 spiro atoms. The fraction of sp³-hybridized carbons (Fsp3) is 0.158. The molecular formula is C19H18N4O4. The highest BCUT2D eigenvalue weighted by atomic mass is 16.4. The standard InChI is InChI=1S/C19H18N4O4/c1-12-17(22-18(27-12)13-5-7-14(20)8-6-13)19(26)23(11-16(24)25)10-15-4-2-3-9-21-15/h2-9H,10-11,20H2,1H3,(H,24,25). The molecule has 0 aliphatic rings. The summed E-state index contributed by atoms with van der Waals surface area (Å²) < 4.78 is 5.60. The first-order valence-electron chi connectivity index (χ1n) is 8.18. The predicted molar refractivity (Wildman–Crippen MR) is 97.7 cm³/mol. The number of carboxylic acids is 1. The molecule has 0 aliphatic heterocycles. The van der Waals surface area contributed by atoms with E-state index in [1.165, 1.54) is 4.90 Å². The number of hydrogen-bond acceptors (Lipinski definition) is 6. The molecule has 0 saturated heterocycles. The molecule has 8 nitrogen and oxygen atoms in total. The monoisotopic (exact) mass is 366 g/mol. The molecular weight excluding hydrogens is 348 g/mol. The summed E-state index contributed by atoms with van der Waals surface area (Å²) in [4.78, 5) is 33.7. The van der Waals surface area contributed by atoms with E-state index >= 15 is 0 Å². The molecule has 1 aromatic carbocycles. The smallest absolute Gasteiger partial charge is 0.323 e. The van der Waals surface area contributed by atoms with E-state index in [1.54, 1.807) is 55.6 Å². The van der Waals surface area contributed by atoms with Crippen molar-refractivity contribution in [3.8, 4) is 11.5 Å². The number of rotatable bonds is 6. The minimum absolute atomic E-state index is 0.0511. The number of carbonyl (C=O) groups is 2. The number of pyridine rings is 1. The number of aryl methyl sites for hydroxylation is 1. The van der Waals surface area contributed by atoms with Crippen LogP contribution in [0.1, 0.15) is 21.9 Å². The van der Waals surface area contributed by atoms with Gasteiger partial charge in [0.25, 0.3) is 5.91 Å². The Morgan fingerprint density at radius 1 is 1.19 bits per heavy atom. The van der Waals surface area contributed by atoms with Crippen molar-refractivity contribution < 1.29 is 19.1 Å². The first-order chi connectivity index (χ1) is 12.9. The number of aliphatic carboxylic acids is 1.